The van der Waals surface area contributed by atoms with E-state index in [9.17, 15) is 44.3 Å². The number of rotatable bonds is 13. The number of nitrogens with zero attached hydrogens (tertiary/aromatic N) is 4. The predicted octanol–water partition coefficient (Wildman–Crippen LogP) is 9.02. The van der Waals surface area contributed by atoms with E-state index in [0.717, 1.165) is 12.1 Å². The molecule has 2 aromatic carbocycles. The van der Waals surface area contributed by atoms with Crippen LogP contribution >= 0.6 is 0 Å². The standard InChI is InChI=1S/C33H33F9N4O4/c1-4-24-15-28(26-14-21(31(34,35)36)8-9-27(26)46(24)19(3)49-5-2)45(30-43-16-25(17-44-30)50-10-6-7-29(47)48)18-20-11-22(32(37,38)39)13-23(12-20)33(40,41)42/h8-9,11-14,16-17,24,28H,3-7,10,15,18H2,1-2H3,(H,47,48)/t24-,28+/m1/s1. The quantitative estimate of drug-likeness (QED) is 0.106. The summed E-state index contributed by atoms with van der Waals surface area (Å²) in [7, 11) is 0. The van der Waals surface area contributed by atoms with E-state index < -0.39 is 65.4 Å². The van der Waals surface area contributed by atoms with Gasteiger partial charge in [0.25, 0.3) is 0 Å². The molecule has 50 heavy (non-hydrogen) atoms. The summed E-state index contributed by atoms with van der Waals surface area (Å²) in [6, 6.07) is 2.42. The summed E-state index contributed by atoms with van der Waals surface area (Å²) in [5.41, 5.74) is -4.35. The highest BCUT2D eigenvalue weighted by Gasteiger charge is 2.41. The van der Waals surface area contributed by atoms with E-state index >= 15 is 0 Å². The SMILES string of the molecule is C=C(OCC)N1c2ccc(C(F)(F)F)cc2[C@@H](N(Cc2cc(C(F)(F)F)cc(C(F)(F)F)c2)c2ncc(OCCCC(=O)O)cn2)C[C@H]1CC. The summed E-state index contributed by atoms with van der Waals surface area (Å²) in [5, 5.41) is 8.83. The molecule has 272 valence electrons. The van der Waals surface area contributed by atoms with E-state index in [-0.39, 0.29) is 67.4 Å². The van der Waals surface area contributed by atoms with Gasteiger partial charge in [0.15, 0.2) is 11.6 Å². The van der Waals surface area contributed by atoms with Gasteiger partial charge < -0.3 is 24.4 Å². The summed E-state index contributed by atoms with van der Waals surface area (Å²) in [5.74, 6) is -1.06. The van der Waals surface area contributed by atoms with E-state index in [1.54, 1.807) is 18.7 Å². The number of fused-ring (bicyclic) bond motifs is 1. The molecule has 3 aromatic rings. The molecule has 0 saturated heterocycles. The van der Waals surface area contributed by atoms with Crippen LogP contribution in [0.3, 0.4) is 0 Å². The number of hydrogen-bond donors (Lipinski definition) is 1. The topological polar surface area (TPSA) is 88.0 Å². The van der Waals surface area contributed by atoms with Crippen molar-refractivity contribution < 1.29 is 58.9 Å². The Morgan fingerprint density at radius 1 is 0.940 bits per heavy atom. The first-order chi connectivity index (χ1) is 23.3. The summed E-state index contributed by atoms with van der Waals surface area (Å²) in [6.07, 6.45) is -12.4. The van der Waals surface area contributed by atoms with E-state index in [2.05, 4.69) is 16.5 Å². The number of alkyl halides is 9. The second-order valence-corrected chi connectivity index (χ2v) is 11.4. The predicted molar refractivity (Wildman–Crippen MR) is 163 cm³/mol. The molecule has 0 aliphatic carbocycles. The van der Waals surface area contributed by atoms with Gasteiger partial charge >= 0.3 is 24.5 Å². The molecule has 1 N–H and O–H groups in total. The Hall–Kier alpha value is -4.70. The zero-order valence-corrected chi connectivity index (χ0v) is 26.8. The number of hydrogen-bond acceptors (Lipinski definition) is 7. The zero-order valence-electron chi connectivity index (χ0n) is 26.8. The third-order valence-electron chi connectivity index (χ3n) is 7.94. The molecule has 0 bridgehead atoms. The molecule has 2 atom stereocenters. The van der Waals surface area contributed by atoms with Gasteiger partial charge in [-0.25, -0.2) is 9.97 Å². The van der Waals surface area contributed by atoms with E-state index in [0.29, 0.717) is 18.6 Å². The number of carbonyl (C=O) groups is 1. The molecule has 0 amide bonds. The van der Waals surface area contributed by atoms with Crippen molar-refractivity contribution in [3.05, 3.63) is 89.1 Å². The van der Waals surface area contributed by atoms with Crippen molar-refractivity contribution in [3.63, 3.8) is 0 Å². The van der Waals surface area contributed by atoms with Crippen molar-refractivity contribution in [1.82, 2.24) is 9.97 Å². The smallest absolute Gasteiger partial charge is 0.416 e. The van der Waals surface area contributed by atoms with Crippen LogP contribution in [-0.2, 0) is 34.6 Å². The lowest BCUT2D eigenvalue weighted by atomic mass is 9.87. The minimum absolute atomic E-state index is 0.0127. The van der Waals surface area contributed by atoms with Crippen molar-refractivity contribution in [2.75, 3.05) is 23.0 Å². The fourth-order valence-corrected chi connectivity index (χ4v) is 5.70. The van der Waals surface area contributed by atoms with Gasteiger partial charge in [-0.3, -0.25) is 4.79 Å². The maximum atomic E-state index is 14.0. The van der Waals surface area contributed by atoms with Crippen LogP contribution in [0, 0.1) is 0 Å². The number of aliphatic carboxylic acids is 1. The molecule has 8 nitrogen and oxygen atoms in total. The van der Waals surface area contributed by atoms with Crippen LogP contribution in [0.25, 0.3) is 0 Å². The second kappa shape index (κ2) is 15.0. The molecule has 1 aromatic heterocycles. The average molecular weight is 721 g/mol. The maximum absolute atomic E-state index is 14.0. The molecule has 1 aliphatic rings. The Morgan fingerprint density at radius 3 is 2.06 bits per heavy atom. The monoisotopic (exact) mass is 720 g/mol. The highest BCUT2D eigenvalue weighted by Crippen LogP contribution is 2.47. The summed E-state index contributed by atoms with van der Waals surface area (Å²) in [6.45, 7) is 6.90. The normalized spacial score (nSPS) is 16.5. The van der Waals surface area contributed by atoms with E-state index in [1.165, 1.54) is 23.4 Å². The van der Waals surface area contributed by atoms with Gasteiger partial charge in [0.1, 0.15) is 0 Å². The molecular formula is C33H33F9N4O4. The van der Waals surface area contributed by atoms with E-state index in [4.69, 9.17) is 14.6 Å². The molecule has 0 radical (unpaired) electrons. The number of anilines is 2. The molecule has 0 spiro atoms. The number of ether oxygens (including phenoxy) is 2. The van der Waals surface area contributed by atoms with Crippen LogP contribution in [0.4, 0.5) is 51.1 Å². The van der Waals surface area contributed by atoms with Crippen LogP contribution in [0.1, 0.15) is 73.4 Å². The fourth-order valence-electron chi connectivity index (χ4n) is 5.70. The highest BCUT2D eigenvalue weighted by atomic mass is 19.4. The lowest BCUT2D eigenvalue weighted by Crippen LogP contribution is -2.45. The van der Waals surface area contributed by atoms with Gasteiger partial charge in [0.05, 0.1) is 48.3 Å². The van der Waals surface area contributed by atoms with Crippen LogP contribution in [0.15, 0.2) is 61.3 Å². The third-order valence-corrected chi connectivity index (χ3v) is 7.94. The minimum Gasteiger partial charge on any atom is -0.490 e. The molecule has 17 heteroatoms. The van der Waals surface area contributed by atoms with Crippen molar-refractivity contribution in [3.8, 4) is 5.75 Å². The Kier molecular flexibility index (Phi) is 11.5. The van der Waals surface area contributed by atoms with Crippen molar-refractivity contribution in [2.24, 2.45) is 0 Å². The number of carboxylic acids is 1. The molecule has 1 aliphatic heterocycles. The number of benzene rings is 2. The van der Waals surface area contributed by atoms with Gasteiger partial charge in [0, 0.05) is 24.7 Å². The van der Waals surface area contributed by atoms with Gasteiger partial charge in [-0.05, 0) is 80.3 Å². The van der Waals surface area contributed by atoms with Gasteiger partial charge in [-0.1, -0.05) is 6.92 Å². The summed E-state index contributed by atoms with van der Waals surface area (Å²) < 4.78 is 136. The third kappa shape index (κ3) is 9.09. The van der Waals surface area contributed by atoms with Crippen LogP contribution in [0.2, 0.25) is 0 Å². The van der Waals surface area contributed by atoms with Crippen LogP contribution in [-0.4, -0.2) is 40.3 Å². The van der Waals surface area contributed by atoms with Crippen molar-refractivity contribution >= 4 is 17.6 Å². The number of aromatic nitrogens is 2. The Bertz CT molecular complexity index is 1630. The second-order valence-electron chi connectivity index (χ2n) is 11.4. The molecule has 0 unspecified atom stereocenters. The molecule has 0 fully saturated rings. The lowest BCUT2D eigenvalue weighted by Gasteiger charge is -2.45. The Labute approximate surface area is 281 Å². The van der Waals surface area contributed by atoms with Crippen LogP contribution < -0.4 is 14.5 Å². The minimum atomic E-state index is -5.15. The largest absolute Gasteiger partial charge is 0.490 e. The van der Waals surface area contributed by atoms with Crippen LogP contribution in [0.5, 0.6) is 5.75 Å². The number of carboxylic acid groups (broad SMARTS) is 1. The molecule has 0 saturated carbocycles. The van der Waals surface area contributed by atoms with Crippen molar-refractivity contribution in [1.29, 1.82) is 0 Å². The average Bonchev–Trinajstić information content (AvgIpc) is 3.03. The van der Waals surface area contributed by atoms with Gasteiger partial charge in [-0.15, -0.1) is 0 Å². The maximum Gasteiger partial charge on any atom is 0.416 e. The van der Waals surface area contributed by atoms with E-state index in [1.807, 2.05) is 0 Å². The molecule has 2 heterocycles. The first-order valence-electron chi connectivity index (χ1n) is 15.4. The van der Waals surface area contributed by atoms with Gasteiger partial charge in [0.2, 0.25) is 5.95 Å². The molecule has 4 rings (SSSR count). The zero-order chi connectivity index (χ0) is 37.0. The summed E-state index contributed by atoms with van der Waals surface area (Å²) >= 11 is 0. The fraction of sp³-hybridized carbons (Fsp3) is 0.424. The highest BCUT2D eigenvalue weighted by molar-refractivity contribution is 5.66. The van der Waals surface area contributed by atoms with Crippen molar-refractivity contribution in [2.45, 2.75) is 76.7 Å². The molecular weight excluding hydrogens is 687 g/mol. The Morgan fingerprint density at radius 2 is 1.54 bits per heavy atom. The summed E-state index contributed by atoms with van der Waals surface area (Å²) in [4.78, 5) is 22.1. The Balaban J connectivity index is 1.90. The van der Waals surface area contributed by atoms with Gasteiger partial charge in [-0.2, -0.15) is 39.5 Å². The first kappa shape index (κ1) is 38.1. The lowest BCUT2D eigenvalue weighted by molar-refractivity contribution is -0.143. The number of halogens is 9. The first-order valence-corrected chi connectivity index (χ1v) is 15.4.